The first-order chi connectivity index (χ1) is 13.9. The van der Waals surface area contributed by atoms with Gasteiger partial charge in [-0.3, -0.25) is 9.89 Å². The van der Waals surface area contributed by atoms with E-state index in [1.165, 1.54) is 15.6 Å². The lowest BCUT2D eigenvalue weighted by atomic mass is 10.3. The number of sulfonamides is 1. The molecule has 1 saturated heterocycles. The zero-order chi connectivity index (χ0) is 20.6. The minimum absolute atomic E-state index is 0.216. The lowest BCUT2D eigenvalue weighted by Crippen LogP contribution is -2.37. The van der Waals surface area contributed by atoms with E-state index in [1.807, 2.05) is 17.5 Å². The number of nitrogens with zero attached hydrogens (tertiary/aromatic N) is 4. The Bertz CT molecular complexity index is 1100. The molecule has 0 unspecified atom stereocenters. The van der Waals surface area contributed by atoms with Crippen molar-refractivity contribution in [2.24, 2.45) is 0 Å². The maximum atomic E-state index is 13.1. The molecule has 3 aromatic heterocycles. The molecule has 9 nitrogen and oxygen atoms in total. The molecule has 3 aromatic rings. The van der Waals surface area contributed by atoms with Crippen molar-refractivity contribution in [3.05, 3.63) is 40.7 Å². The molecular weight excluding hydrogens is 414 g/mol. The standard InChI is InChI=1S/C18H21N5O4S2/c1-12-17(13(2)20-19-12)29(25,26)23-7-4-6-22(8-9-23)18(24)14-11-15(27-21-14)16-5-3-10-28-16/h3,5,10-11H,4,6-9H2,1-2H3,(H,19,20). The maximum Gasteiger partial charge on any atom is 0.276 e. The van der Waals surface area contributed by atoms with E-state index in [2.05, 4.69) is 15.4 Å². The Morgan fingerprint density at radius 1 is 1.24 bits per heavy atom. The van der Waals surface area contributed by atoms with E-state index in [0.29, 0.717) is 36.7 Å². The van der Waals surface area contributed by atoms with Crippen molar-refractivity contribution in [1.29, 1.82) is 0 Å². The third-order valence-corrected chi connectivity index (χ3v) is 7.94. The highest BCUT2D eigenvalue weighted by atomic mass is 32.2. The number of hydrogen-bond donors (Lipinski definition) is 1. The SMILES string of the molecule is Cc1n[nH]c(C)c1S(=O)(=O)N1CCCN(C(=O)c2cc(-c3cccs3)on2)CC1. The molecule has 0 spiro atoms. The Morgan fingerprint density at radius 2 is 2.07 bits per heavy atom. The summed E-state index contributed by atoms with van der Waals surface area (Å²) >= 11 is 1.50. The fraction of sp³-hybridized carbons (Fsp3) is 0.389. The summed E-state index contributed by atoms with van der Waals surface area (Å²) in [6.45, 7) is 4.66. The van der Waals surface area contributed by atoms with Gasteiger partial charge in [0.15, 0.2) is 11.5 Å². The maximum absolute atomic E-state index is 13.1. The number of nitrogens with one attached hydrogen (secondary N) is 1. The molecule has 1 aliphatic rings. The molecule has 11 heteroatoms. The molecule has 4 rings (SSSR count). The van der Waals surface area contributed by atoms with E-state index in [4.69, 9.17) is 4.52 Å². The number of aromatic nitrogens is 3. The van der Waals surface area contributed by atoms with Crippen molar-refractivity contribution in [2.75, 3.05) is 26.2 Å². The summed E-state index contributed by atoms with van der Waals surface area (Å²) in [6.07, 6.45) is 0.538. The third kappa shape index (κ3) is 3.72. The van der Waals surface area contributed by atoms with Crippen LogP contribution in [-0.2, 0) is 10.0 Å². The summed E-state index contributed by atoms with van der Waals surface area (Å²) in [5.74, 6) is 0.291. The van der Waals surface area contributed by atoms with Crippen LogP contribution >= 0.6 is 11.3 Å². The van der Waals surface area contributed by atoms with Gasteiger partial charge in [-0.05, 0) is 31.7 Å². The summed E-state index contributed by atoms with van der Waals surface area (Å²) in [5.41, 5.74) is 1.19. The number of rotatable bonds is 4. The summed E-state index contributed by atoms with van der Waals surface area (Å²) in [7, 11) is -3.67. The monoisotopic (exact) mass is 435 g/mol. The van der Waals surface area contributed by atoms with Gasteiger partial charge in [0, 0.05) is 32.2 Å². The molecule has 1 fully saturated rings. The Labute approximate surface area is 172 Å². The molecule has 0 aromatic carbocycles. The van der Waals surface area contributed by atoms with Crippen LogP contribution in [0.3, 0.4) is 0 Å². The zero-order valence-corrected chi connectivity index (χ0v) is 17.7. The highest BCUT2D eigenvalue weighted by Gasteiger charge is 2.32. The number of hydrogen-bond acceptors (Lipinski definition) is 7. The number of carbonyl (C=O) groups is 1. The van der Waals surface area contributed by atoms with Crippen molar-refractivity contribution < 1.29 is 17.7 Å². The molecule has 154 valence electrons. The van der Waals surface area contributed by atoms with Gasteiger partial charge in [0.05, 0.1) is 16.3 Å². The number of H-pyrrole nitrogens is 1. The molecule has 4 heterocycles. The van der Waals surface area contributed by atoms with E-state index in [9.17, 15) is 13.2 Å². The van der Waals surface area contributed by atoms with Gasteiger partial charge in [-0.25, -0.2) is 8.42 Å². The van der Waals surface area contributed by atoms with E-state index < -0.39 is 10.0 Å². The van der Waals surface area contributed by atoms with Crippen LogP contribution in [0.25, 0.3) is 10.6 Å². The molecule has 29 heavy (non-hydrogen) atoms. The van der Waals surface area contributed by atoms with Crippen LogP contribution in [0.1, 0.15) is 28.3 Å². The third-order valence-electron chi connectivity index (χ3n) is 4.89. The van der Waals surface area contributed by atoms with Gasteiger partial charge in [-0.2, -0.15) is 9.40 Å². The van der Waals surface area contributed by atoms with Gasteiger partial charge >= 0.3 is 0 Å². The largest absolute Gasteiger partial charge is 0.355 e. The number of amides is 1. The number of aryl methyl sites for hydroxylation is 2. The Kier molecular flexibility index (Phi) is 5.28. The van der Waals surface area contributed by atoms with Crippen LogP contribution in [0.5, 0.6) is 0 Å². The second-order valence-corrected chi connectivity index (χ2v) is 9.69. The average Bonchev–Trinajstić information content (AvgIpc) is 3.39. The second kappa shape index (κ2) is 7.73. The first-order valence-electron chi connectivity index (χ1n) is 9.19. The van der Waals surface area contributed by atoms with Crippen molar-refractivity contribution in [3.8, 4) is 10.6 Å². The van der Waals surface area contributed by atoms with Gasteiger partial charge in [0.25, 0.3) is 5.91 Å². The fourth-order valence-electron chi connectivity index (χ4n) is 3.46. The lowest BCUT2D eigenvalue weighted by Gasteiger charge is -2.21. The second-order valence-electron chi connectivity index (χ2n) is 6.87. The van der Waals surface area contributed by atoms with E-state index in [0.717, 1.165) is 4.88 Å². The highest BCUT2D eigenvalue weighted by molar-refractivity contribution is 7.89. The van der Waals surface area contributed by atoms with Gasteiger partial charge < -0.3 is 9.42 Å². The smallest absolute Gasteiger partial charge is 0.276 e. The number of aromatic amines is 1. The molecular formula is C18H21N5O4S2. The summed E-state index contributed by atoms with van der Waals surface area (Å²) in [6, 6.07) is 5.43. The minimum atomic E-state index is -3.67. The predicted molar refractivity (Wildman–Crippen MR) is 107 cm³/mol. The number of carbonyl (C=O) groups excluding carboxylic acids is 1. The Hall–Kier alpha value is -2.50. The Balaban J connectivity index is 1.48. The molecule has 1 aliphatic heterocycles. The fourth-order valence-corrected chi connectivity index (χ4v) is 5.93. The first kappa shape index (κ1) is 19.8. The van der Waals surface area contributed by atoms with E-state index >= 15 is 0 Å². The summed E-state index contributed by atoms with van der Waals surface area (Å²) in [5, 5.41) is 12.5. The van der Waals surface area contributed by atoms with Crippen molar-refractivity contribution >= 4 is 27.3 Å². The molecule has 0 radical (unpaired) electrons. The topological polar surface area (TPSA) is 112 Å². The van der Waals surface area contributed by atoms with Crippen LogP contribution in [0.15, 0.2) is 33.0 Å². The van der Waals surface area contributed by atoms with Crippen molar-refractivity contribution in [1.82, 2.24) is 24.6 Å². The normalized spacial score (nSPS) is 16.1. The van der Waals surface area contributed by atoms with Crippen LogP contribution in [0.2, 0.25) is 0 Å². The molecule has 0 saturated carbocycles. The van der Waals surface area contributed by atoms with Crippen LogP contribution in [0.4, 0.5) is 0 Å². The molecule has 1 N–H and O–H groups in total. The van der Waals surface area contributed by atoms with Crippen LogP contribution in [0, 0.1) is 13.8 Å². The summed E-state index contributed by atoms with van der Waals surface area (Å²) in [4.78, 5) is 15.6. The van der Waals surface area contributed by atoms with Crippen LogP contribution in [-0.4, -0.2) is 65.1 Å². The van der Waals surface area contributed by atoms with Crippen LogP contribution < -0.4 is 0 Å². The summed E-state index contributed by atoms with van der Waals surface area (Å²) < 4.78 is 32.8. The van der Waals surface area contributed by atoms with Crippen molar-refractivity contribution in [3.63, 3.8) is 0 Å². The highest BCUT2D eigenvalue weighted by Crippen LogP contribution is 2.26. The first-order valence-corrected chi connectivity index (χ1v) is 11.5. The quantitative estimate of drug-likeness (QED) is 0.673. The lowest BCUT2D eigenvalue weighted by molar-refractivity contribution is 0.0754. The Morgan fingerprint density at radius 3 is 2.76 bits per heavy atom. The molecule has 0 aliphatic carbocycles. The molecule has 0 atom stereocenters. The molecule has 1 amide bonds. The minimum Gasteiger partial charge on any atom is -0.355 e. The average molecular weight is 436 g/mol. The van der Waals surface area contributed by atoms with Gasteiger partial charge in [-0.15, -0.1) is 11.3 Å². The van der Waals surface area contributed by atoms with Gasteiger partial charge in [-0.1, -0.05) is 11.2 Å². The number of thiophene rings is 1. The van der Waals surface area contributed by atoms with Gasteiger partial charge in [0.2, 0.25) is 10.0 Å². The van der Waals surface area contributed by atoms with Crippen molar-refractivity contribution in [2.45, 2.75) is 25.2 Å². The molecule has 0 bridgehead atoms. The van der Waals surface area contributed by atoms with E-state index in [1.54, 1.807) is 24.8 Å². The van der Waals surface area contributed by atoms with Gasteiger partial charge in [0.1, 0.15) is 4.90 Å². The van der Waals surface area contributed by atoms with E-state index in [-0.39, 0.29) is 29.6 Å². The zero-order valence-electron chi connectivity index (χ0n) is 16.1. The predicted octanol–water partition coefficient (Wildman–Crippen LogP) is 2.28.